The van der Waals surface area contributed by atoms with Crippen molar-refractivity contribution < 1.29 is 9.16 Å². The summed E-state index contributed by atoms with van der Waals surface area (Å²) in [5.74, 6) is 0.464. The first-order valence-electron chi connectivity index (χ1n) is 7.57. The zero-order valence-corrected chi connectivity index (χ0v) is 17.9. The molecule has 0 amide bonds. The number of hydrogen-bond donors (Lipinski definition) is 1. The van der Waals surface area contributed by atoms with Crippen LogP contribution in [0.1, 0.15) is 26.3 Å². The molecule has 1 N–H and O–H groups in total. The molecule has 7 heteroatoms. The second-order valence-corrected chi connectivity index (χ2v) is 14.0. The Morgan fingerprint density at radius 2 is 1.83 bits per heavy atom. The summed E-state index contributed by atoms with van der Waals surface area (Å²) in [6.45, 7) is 11.2. The second-order valence-electron chi connectivity index (χ2n) is 6.98. The van der Waals surface area contributed by atoms with Crippen LogP contribution in [0.3, 0.4) is 0 Å². The summed E-state index contributed by atoms with van der Waals surface area (Å²) < 4.78 is 9.51. The van der Waals surface area contributed by atoms with E-state index in [1.54, 1.807) is 6.08 Å². The monoisotopic (exact) mass is 407 g/mol. The van der Waals surface area contributed by atoms with Gasteiger partial charge in [-0.15, -0.1) is 0 Å². The summed E-state index contributed by atoms with van der Waals surface area (Å²) in [6.07, 6.45) is 3.64. The van der Waals surface area contributed by atoms with Gasteiger partial charge in [-0.05, 0) is 41.9 Å². The fourth-order valence-corrected chi connectivity index (χ4v) is 2.71. The van der Waals surface area contributed by atoms with Gasteiger partial charge in [-0.3, -0.25) is 5.41 Å². The standard InChI is InChI=1S/C17H24Cl3NO2Si/c1-16(2,3)24(4,5)23-14-10-6-8-13(12-14)9-7-11-22-15(21)17(18,19)20/h6-10,12,21H,11H2,1-5H3. The van der Waals surface area contributed by atoms with Crippen LogP contribution in [0, 0.1) is 5.41 Å². The number of alkyl halides is 3. The highest BCUT2D eigenvalue weighted by Gasteiger charge is 2.38. The molecule has 134 valence electrons. The highest BCUT2D eigenvalue weighted by atomic mass is 35.6. The van der Waals surface area contributed by atoms with Crippen molar-refractivity contribution in [3.63, 3.8) is 0 Å². The van der Waals surface area contributed by atoms with Crippen LogP contribution in [-0.4, -0.2) is 24.6 Å². The van der Waals surface area contributed by atoms with Crippen molar-refractivity contribution in [2.75, 3.05) is 6.61 Å². The molecule has 0 fully saturated rings. The van der Waals surface area contributed by atoms with Crippen molar-refractivity contribution in [2.24, 2.45) is 0 Å². The summed E-state index contributed by atoms with van der Waals surface area (Å²) >= 11 is 16.6. The Hall–Kier alpha value is -0.683. The van der Waals surface area contributed by atoms with E-state index in [1.165, 1.54) is 0 Å². The first-order valence-corrected chi connectivity index (χ1v) is 11.6. The third-order valence-electron chi connectivity index (χ3n) is 3.93. The van der Waals surface area contributed by atoms with E-state index in [0.717, 1.165) is 11.3 Å². The average Bonchev–Trinajstić information content (AvgIpc) is 2.41. The number of ether oxygens (including phenoxy) is 1. The predicted octanol–water partition coefficient (Wildman–Crippen LogP) is 6.45. The summed E-state index contributed by atoms with van der Waals surface area (Å²) in [4.78, 5) is 0. The molecule has 0 aliphatic heterocycles. The molecule has 0 saturated carbocycles. The molecule has 0 saturated heterocycles. The average molecular weight is 409 g/mol. The topological polar surface area (TPSA) is 42.3 Å². The highest BCUT2D eigenvalue weighted by Crippen LogP contribution is 2.37. The van der Waals surface area contributed by atoms with Crippen LogP contribution in [0.5, 0.6) is 5.75 Å². The van der Waals surface area contributed by atoms with Crippen molar-refractivity contribution in [1.82, 2.24) is 0 Å². The van der Waals surface area contributed by atoms with Gasteiger partial charge in [-0.25, -0.2) is 0 Å². The van der Waals surface area contributed by atoms with Crippen LogP contribution < -0.4 is 4.43 Å². The van der Waals surface area contributed by atoms with Gasteiger partial charge in [0.2, 0.25) is 14.2 Å². The van der Waals surface area contributed by atoms with Gasteiger partial charge >= 0.3 is 0 Å². The molecule has 0 bridgehead atoms. The maximum atomic E-state index is 7.45. The maximum Gasteiger partial charge on any atom is 0.265 e. The van der Waals surface area contributed by atoms with Crippen LogP contribution in [0.25, 0.3) is 6.08 Å². The zero-order chi connectivity index (χ0) is 18.6. The molecular weight excluding hydrogens is 385 g/mol. The fourth-order valence-electron chi connectivity index (χ4n) is 1.53. The van der Waals surface area contributed by atoms with Crippen molar-refractivity contribution >= 4 is 55.1 Å². The lowest BCUT2D eigenvalue weighted by Gasteiger charge is -2.36. The van der Waals surface area contributed by atoms with Crippen LogP contribution in [0.15, 0.2) is 30.3 Å². The Morgan fingerprint density at radius 3 is 2.38 bits per heavy atom. The number of nitrogens with one attached hydrogen (secondary N) is 1. The first kappa shape index (κ1) is 21.4. The van der Waals surface area contributed by atoms with Gasteiger partial charge in [0, 0.05) is 0 Å². The minimum absolute atomic E-state index is 0.143. The van der Waals surface area contributed by atoms with E-state index in [4.69, 9.17) is 49.4 Å². The number of halogens is 3. The van der Waals surface area contributed by atoms with Crippen LogP contribution in [-0.2, 0) is 4.74 Å². The molecular formula is C17H24Cl3NO2Si. The van der Waals surface area contributed by atoms with E-state index in [-0.39, 0.29) is 11.6 Å². The van der Waals surface area contributed by atoms with E-state index in [9.17, 15) is 0 Å². The smallest absolute Gasteiger partial charge is 0.265 e. The molecule has 0 unspecified atom stereocenters. The van der Waals surface area contributed by atoms with Crippen LogP contribution in [0.4, 0.5) is 0 Å². The Balaban J connectivity index is 2.69. The molecule has 0 aromatic heterocycles. The van der Waals surface area contributed by atoms with Crippen molar-refractivity contribution in [3.05, 3.63) is 35.9 Å². The van der Waals surface area contributed by atoms with Crippen LogP contribution in [0.2, 0.25) is 18.1 Å². The summed E-state index contributed by atoms with van der Waals surface area (Å²) in [7, 11) is -1.86. The molecule has 0 aliphatic carbocycles. The molecule has 0 aliphatic rings. The van der Waals surface area contributed by atoms with Gasteiger partial charge in [0.25, 0.3) is 3.79 Å². The quantitative estimate of drug-likeness (QED) is 0.263. The Morgan fingerprint density at radius 1 is 1.21 bits per heavy atom. The molecule has 1 aromatic rings. The maximum absolute atomic E-state index is 7.45. The summed E-state index contributed by atoms with van der Waals surface area (Å²) in [6, 6.07) is 7.87. The molecule has 0 heterocycles. The van der Waals surface area contributed by atoms with Gasteiger partial charge < -0.3 is 9.16 Å². The molecule has 1 aromatic carbocycles. The van der Waals surface area contributed by atoms with Crippen molar-refractivity contribution in [2.45, 2.75) is 42.7 Å². The van der Waals surface area contributed by atoms with Gasteiger partial charge in [-0.1, -0.05) is 73.8 Å². The van der Waals surface area contributed by atoms with Gasteiger partial charge in [0.1, 0.15) is 12.4 Å². The molecule has 0 radical (unpaired) electrons. The van der Waals surface area contributed by atoms with Crippen LogP contribution >= 0.6 is 34.8 Å². The minimum Gasteiger partial charge on any atom is -0.543 e. The van der Waals surface area contributed by atoms with Gasteiger partial charge in [-0.2, -0.15) is 0 Å². The van der Waals surface area contributed by atoms with Crippen molar-refractivity contribution in [3.8, 4) is 5.75 Å². The zero-order valence-electron chi connectivity index (χ0n) is 14.6. The number of hydrogen-bond acceptors (Lipinski definition) is 3. The highest BCUT2D eigenvalue weighted by molar-refractivity contribution is 6.76. The number of benzene rings is 1. The summed E-state index contributed by atoms with van der Waals surface area (Å²) in [5.41, 5.74) is 0.982. The largest absolute Gasteiger partial charge is 0.543 e. The molecule has 3 nitrogen and oxygen atoms in total. The first-order chi connectivity index (χ1) is 10.8. The molecule has 0 spiro atoms. The van der Waals surface area contributed by atoms with E-state index < -0.39 is 18.0 Å². The molecule has 0 atom stereocenters. The number of rotatable bonds is 5. The minimum atomic E-state index is -1.86. The molecule has 24 heavy (non-hydrogen) atoms. The fraction of sp³-hybridized carbons (Fsp3) is 0.471. The third-order valence-corrected chi connectivity index (χ3v) is 8.80. The third kappa shape index (κ3) is 6.67. The second kappa shape index (κ2) is 8.13. The van der Waals surface area contributed by atoms with E-state index >= 15 is 0 Å². The van der Waals surface area contributed by atoms with E-state index in [2.05, 4.69) is 33.9 Å². The lowest BCUT2D eigenvalue weighted by atomic mass is 10.2. The Bertz CT molecular complexity index is 605. The normalized spacial score (nSPS) is 13.2. The lowest BCUT2D eigenvalue weighted by Crippen LogP contribution is -2.43. The molecule has 1 rings (SSSR count). The Labute approximate surface area is 160 Å². The van der Waals surface area contributed by atoms with E-state index in [1.807, 2.05) is 30.3 Å². The SMILES string of the molecule is CC(C)(C)[Si](C)(C)Oc1cccc(C=CCOC(=N)C(Cl)(Cl)Cl)c1. The van der Waals surface area contributed by atoms with Gasteiger partial charge in [0.15, 0.2) is 0 Å². The summed E-state index contributed by atoms with van der Waals surface area (Å²) in [5, 5.41) is 7.59. The van der Waals surface area contributed by atoms with E-state index in [0.29, 0.717) is 0 Å². The Kier molecular flexibility index (Phi) is 7.24. The predicted molar refractivity (Wildman–Crippen MR) is 107 cm³/mol. The lowest BCUT2D eigenvalue weighted by molar-refractivity contribution is 0.341. The van der Waals surface area contributed by atoms with Crippen molar-refractivity contribution in [1.29, 1.82) is 5.41 Å². The van der Waals surface area contributed by atoms with Gasteiger partial charge in [0.05, 0.1) is 0 Å².